The van der Waals surface area contributed by atoms with Crippen molar-refractivity contribution >= 4 is 34.8 Å². The minimum absolute atomic E-state index is 0.198. The highest BCUT2D eigenvalue weighted by molar-refractivity contribution is 6.51. The molecule has 0 unspecified atom stereocenters. The van der Waals surface area contributed by atoms with E-state index in [1.165, 1.54) is 0 Å². The molecule has 0 atom stereocenters. The summed E-state index contributed by atoms with van der Waals surface area (Å²) in [5, 5.41) is 2.77. The van der Waals surface area contributed by atoms with Crippen LogP contribution in [0.4, 0.5) is 0 Å². The molecule has 1 N–H and O–H groups in total. The van der Waals surface area contributed by atoms with Crippen molar-refractivity contribution < 1.29 is 0 Å². The molecule has 0 radical (unpaired) electrons. The van der Waals surface area contributed by atoms with Crippen LogP contribution in [0.1, 0.15) is 6.92 Å². The Labute approximate surface area is 64.3 Å². The second kappa shape index (κ2) is 3.78. The molecule has 0 aliphatic rings. The first kappa shape index (κ1) is 8.83. The fourth-order valence-electron chi connectivity index (χ4n) is 0.306. The van der Waals surface area contributed by atoms with Crippen molar-refractivity contribution in [1.82, 2.24) is 5.32 Å². The maximum Gasteiger partial charge on any atom is 0.182 e. The maximum absolute atomic E-state index is 5.54. The van der Waals surface area contributed by atoms with Crippen LogP contribution in [0, 0.1) is 0 Å². The summed E-state index contributed by atoms with van der Waals surface area (Å²) in [6, 6.07) is 0. The van der Waals surface area contributed by atoms with Gasteiger partial charge in [0.1, 0.15) is 0 Å². The van der Waals surface area contributed by atoms with E-state index < -0.39 is 4.46 Å². The van der Waals surface area contributed by atoms with Crippen LogP contribution >= 0.6 is 34.8 Å². The van der Waals surface area contributed by atoms with Gasteiger partial charge in [-0.1, -0.05) is 30.1 Å². The third kappa shape index (κ3) is 3.79. The second-order valence-electron chi connectivity index (χ2n) is 1.37. The molecule has 1 nitrogen and oxygen atoms in total. The molecule has 0 bridgehead atoms. The first-order chi connectivity index (χ1) is 3.62. The van der Waals surface area contributed by atoms with Crippen molar-refractivity contribution in [2.45, 2.75) is 11.4 Å². The van der Waals surface area contributed by atoms with Gasteiger partial charge < -0.3 is 0 Å². The lowest BCUT2D eigenvalue weighted by Gasteiger charge is -2.15. The Morgan fingerprint density at radius 2 is 2.00 bits per heavy atom. The van der Waals surface area contributed by atoms with Gasteiger partial charge >= 0.3 is 0 Å². The zero-order chi connectivity index (χ0) is 6.62. The minimum Gasteiger partial charge on any atom is -0.286 e. The van der Waals surface area contributed by atoms with Gasteiger partial charge in [0.05, 0.1) is 5.88 Å². The predicted molar refractivity (Wildman–Crippen MR) is 38.8 cm³/mol. The molecule has 8 heavy (non-hydrogen) atoms. The van der Waals surface area contributed by atoms with E-state index in [4.69, 9.17) is 34.8 Å². The number of alkyl halides is 3. The highest BCUT2D eigenvalue weighted by Crippen LogP contribution is 2.17. The summed E-state index contributed by atoms with van der Waals surface area (Å²) in [5.41, 5.74) is 0. The van der Waals surface area contributed by atoms with Crippen molar-refractivity contribution in [3.63, 3.8) is 0 Å². The van der Waals surface area contributed by atoms with Crippen LogP contribution in [0.5, 0.6) is 0 Å². The molecule has 0 heterocycles. The van der Waals surface area contributed by atoms with E-state index in [0.29, 0.717) is 0 Å². The molecular formula is C4H8Cl3N. The second-order valence-corrected chi connectivity index (χ2v) is 3.12. The lowest BCUT2D eigenvalue weighted by atomic mass is 10.6. The van der Waals surface area contributed by atoms with E-state index in [2.05, 4.69) is 5.32 Å². The largest absolute Gasteiger partial charge is 0.286 e. The summed E-state index contributed by atoms with van der Waals surface area (Å²) in [6.45, 7) is 2.63. The van der Waals surface area contributed by atoms with E-state index in [1.54, 1.807) is 0 Å². The Morgan fingerprint density at radius 1 is 1.50 bits per heavy atom. The topological polar surface area (TPSA) is 12.0 Å². The summed E-state index contributed by atoms with van der Waals surface area (Å²) >= 11 is 16.4. The fourth-order valence-corrected chi connectivity index (χ4v) is 0.668. The molecule has 0 saturated carbocycles. The molecule has 0 aromatic rings. The van der Waals surface area contributed by atoms with Crippen LogP contribution in [0.25, 0.3) is 0 Å². The summed E-state index contributed by atoms with van der Waals surface area (Å²) in [7, 11) is 0. The first-order valence-electron chi connectivity index (χ1n) is 2.31. The van der Waals surface area contributed by atoms with E-state index in [0.717, 1.165) is 6.54 Å². The number of hydrogen-bond acceptors (Lipinski definition) is 1. The van der Waals surface area contributed by atoms with Crippen molar-refractivity contribution in [3.8, 4) is 0 Å². The highest BCUT2D eigenvalue weighted by Gasteiger charge is 2.19. The van der Waals surface area contributed by atoms with Gasteiger partial charge in [-0.15, -0.1) is 11.6 Å². The highest BCUT2D eigenvalue weighted by atomic mass is 35.5. The van der Waals surface area contributed by atoms with E-state index in [9.17, 15) is 0 Å². The van der Waals surface area contributed by atoms with Gasteiger partial charge in [-0.05, 0) is 6.54 Å². The normalized spacial score (nSPS) is 12.0. The van der Waals surface area contributed by atoms with Crippen LogP contribution in [0.3, 0.4) is 0 Å². The lowest BCUT2D eigenvalue weighted by molar-refractivity contribution is 0.663. The molecule has 0 amide bonds. The Bertz CT molecular complexity index is 64.3. The minimum atomic E-state index is -0.948. The zero-order valence-electron chi connectivity index (χ0n) is 4.55. The van der Waals surface area contributed by atoms with E-state index in [-0.39, 0.29) is 5.88 Å². The van der Waals surface area contributed by atoms with Gasteiger partial charge in [0.2, 0.25) is 0 Å². The van der Waals surface area contributed by atoms with Gasteiger partial charge in [-0.2, -0.15) is 0 Å². The summed E-state index contributed by atoms with van der Waals surface area (Å²) in [6.07, 6.45) is 0. The number of hydrogen-bond donors (Lipinski definition) is 1. The average Bonchev–Trinajstić information content (AvgIpc) is 1.67. The molecule has 0 aliphatic carbocycles. The molecule has 4 heteroatoms. The molecule has 0 rings (SSSR count). The van der Waals surface area contributed by atoms with Crippen LogP contribution < -0.4 is 5.32 Å². The number of nitrogens with one attached hydrogen (secondary N) is 1. The standard InChI is InChI=1S/C4H8Cl3N/c1-2-8-4(6,7)3-5/h8H,2-3H2,1H3. The summed E-state index contributed by atoms with van der Waals surface area (Å²) < 4.78 is -0.948. The van der Waals surface area contributed by atoms with Gasteiger partial charge in [0, 0.05) is 0 Å². The SMILES string of the molecule is CCNC(Cl)(Cl)CCl. The van der Waals surface area contributed by atoms with Gasteiger partial charge in [-0.25, -0.2) is 0 Å². The van der Waals surface area contributed by atoms with E-state index >= 15 is 0 Å². The van der Waals surface area contributed by atoms with E-state index in [1.807, 2.05) is 6.92 Å². The van der Waals surface area contributed by atoms with Crippen LogP contribution in [-0.2, 0) is 0 Å². The molecule has 50 valence electrons. The van der Waals surface area contributed by atoms with Crippen LogP contribution in [0.15, 0.2) is 0 Å². The van der Waals surface area contributed by atoms with Crippen molar-refractivity contribution in [3.05, 3.63) is 0 Å². The Morgan fingerprint density at radius 3 is 2.12 bits per heavy atom. The molecule has 0 spiro atoms. The van der Waals surface area contributed by atoms with Gasteiger partial charge in [0.15, 0.2) is 4.46 Å². The molecular weight excluding hydrogens is 168 g/mol. The van der Waals surface area contributed by atoms with Crippen molar-refractivity contribution in [1.29, 1.82) is 0 Å². The maximum atomic E-state index is 5.54. The fraction of sp³-hybridized carbons (Fsp3) is 1.00. The smallest absolute Gasteiger partial charge is 0.182 e. The molecule has 0 fully saturated rings. The third-order valence-electron chi connectivity index (χ3n) is 0.603. The Balaban J connectivity index is 3.37. The van der Waals surface area contributed by atoms with Crippen molar-refractivity contribution in [2.75, 3.05) is 12.4 Å². The predicted octanol–water partition coefficient (Wildman–Crippen LogP) is 1.97. The number of rotatable bonds is 3. The van der Waals surface area contributed by atoms with Crippen LogP contribution in [-0.4, -0.2) is 16.9 Å². The molecule has 0 saturated heterocycles. The zero-order valence-corrected chi connectivity index (χ0v) is 6.82. The third-order valence-corrected chi connectivity index (χ3v) is 1.81. The van der Waals surface area contributed by atoms with Crippen molar-refractivity contribution in [2.24, 2.45) is 0 Å². The monoisotopic (exact) mass is 175 g/mol. The molecule has 0 aromatic carbocycles. The summed E-state index contributed by atoms with van der Waals surface area (Å²) in [4.78, 5) is 0. The van der Waals surface area contributed by atoms with Gasteiger partial charge in [-0.3, -0.25) is 5.32 Å². The number of halogens is 3. The van der Waals surface area contributed by atoms with Crippen LogP contribution in [0.2, 0.25) is 0 Å². The first-order valence-corrected chi connectivity index (χ1v) is 3.60. The lowest BCUT2D eigenvalue weighted by Crippen LogP contribution is -2.35. The Hall–Kier alpha value is 0.830. The molecule has 0 aromatic heterocycles. The molecule has 0 aliphatic heterocycles. The Kier molecular flexibility index (Phi) is 4.17. The van der Waals surface area contributed by atoms with Gasteiger partial charge in [0.25, 0.3) is 0 Å². The quantitative estimate of drug-likeness (QED) is 0.512. The summed E-state index contributed by atoms with van der Waals surface area (Å²) in [5.74, 6) is 0.198. The average molecular weight is 176 g/mol.